The molecule has 0 saturated heterocycles. The van der Waals surface area contributed by atoms with E-state index in [-0.39, 0.29) is 0 Å². The number of H-pyrrole nitrogens is 1. The van der Waals surface area contributed by atoms with Crippen LogP contribution in [0, 0.1) is 0 Å². The molecule has 6 heteroatoms. The molecule has 3 rings (SSSR count). The van der Waals surface area contributed by atoms with Crippen LogP contribution in [0.4, 0.5) is 0 Å². The van der Waals surface area contributed by atoms with Gasteiger partial charge in [-0.2, -0.15) is 0 Å². The van der Waals surface area contributed by atoms with Crippen LogP contribution in [0.25, 0.3) is 22.2 Å². The van der Waals surface area contributed by atoms with Crippen LogP contribution < -0.4 is 5.73 Å². The molecule has 0 aliphatic rings. The summed E-state index contributed by atoms with van der Waals surface area (Å²) in [5.74, 6) is 0. The maximum atomic E-state index is 6.26. The molecule has 1 heterocycles. The molecule has 0 spiro atoms. The smallest absolute Gasteiger partial charge is 0.0607 e. The molecule has 0 fully saturated rings. The lowest BCUT2D eigenvalue weighted by atomic mass is 10.0. The van der Waals surface area contributed by atoms with Crippen LogP contribution in [0.15, 0.2) is 34.8 Å². The van der Waals surface area contributed by atoms with Crippen molar-refractivity contribution in [3.05, 3.63) is 55.4 Å². The second kappa shape index (κ2) is 7.67. The molecule has 0 unspecified atom stereocenters. The van der Waals surface area contributed by atoms with Gasteiger partial charge in [-0.15, -0.1) is 0 Å². The number of benzene rings is 2. The number of aromatic amines is 1. The zero-order valence-corrected chi connectivity index (χ0v) is 16.7. The molecule has 0 aliphatic carbocycles. The van der Waals surface area contributed by atoms with Crippen LogP contribution in [0.5, 0.6) is 0 Å². The minimum atomic E-state index is 0.540. The molecule has 2 aromatic carbocycles. The van der Waals surface area contributed by atoms with Crippen LogP contribution in [0.3, 0.4) is 0 Å². The maximum absolute atomic E-state index is 6.26. The van der Waals surface area contributed by atoms with E-state index < -0.39 is 0 Å². The van der Waals surface area contributed by atoms with Crippen LogP contribution in [0.1, 0.15) is 18.4 Å². The second-order valence-electron chi connectivity index (χ2n) is 5.66. The summed E-state index contributed by atoms with van der Waals surface area (Å²) in [6.07, 6.45) is 2.91. The maximum Gasteiger partial charge on any atom is 0.0607 e. The Morgan fingerprint density at radius 3 is 2.50 bits per heavy atom. The summed E-state index contributed by atoms with van der Waals surface area (Å²) in [5, 5.41) is 2.91. The van der Waals surface area contributed by atoms with E-state index in [0.717, 1.165) is 45.9 Å². The first-order chi connectivity index (χ1) is 11.5. The van der Waals surface area contributed by atoms with Crippen LogP contribution in [-0.2, 0) is 6.42 Å². The quantitative estimate of drug-likeness (QED) is 0.414. The minimum absolute atomic E-state index is 0.540. The van der Waals surface area contributed by atoms with Crippen molar-refractivity contribution in [3.63, 3.8) is 0 Å². The van der Waals surface area contributed by atoms with Crippen molar-refractivity contribution in [2.45, 2.75) is 19.3 Å². The highest BCUT2D eigenvalue weighted by Crippen LogP contribution is 2.38. The van der Waals surface area contributed by atoms with Gasteiger partial charge in [-0.05, 0) is 77.1 Å². The highest BCUT2D eigenvalue weighted by Gasteiger charge is 2.16. The lowest BCUT2D eigenvalue weighted by molar-refractivity contribution is 0.748. The third-order valence-corrected chi connectivity index (χ3v) is 5.60. The fourth-order valence-corrected chi connectivity index (χ4v) is 4.09. The number of halogens is 4. The van der Waals surface area contributed by atoms with Crippen LogP contribution in [0.2, 0.25) is 15.1 Å². The molecular weight excluding hydrogens is 430 g/mol. The fourth-order valence-electron chi connectivity index (χ4n) is 2.88. The molecule has 0 bridgehead atoms. The Balaban J connectivity index is 2.19. The van der Waals surface area contributed by atoms with Crippen LogP contribution in [-0.4, -0.2) is 11.5 Å². The Kier molecular flexibility index (Phi) is 5.78. The molecule has 24 heavy (non-hydrogen) atoms. The van der Waals surface area contributed by atoms with Gasteiger partial charge in [0, 0.05) is 20.6 Å². The van der Waals surface area contributed by atoms with E-state index in [4.69, 9.17) is 40.5 Å². The minimum Gasteiger partial charge on any atom is -0.353 e. The predicted octanol–water partition coefficient (Wildman–Crippen LogP) is 6.84. The largest absolute Gasteiger partial charge is 0.353 e. The first-order valence-electron chi connectivity index (χ1n) is 7.66. The first kappa shape index (κ1) is 18.1. The van der Waals surface area contributed by atoms with Gasteiger partial charge in [-0.25, -0.2) is 0 Å². The SMILES string of the molecule is NCCCCc1c(-c2ccc(Cl)c(Cl)c2)[nH]c2c(Br)cc(Cl)cc12. The molecule has 0 aliphatic heterocycles. The molecule has 0 saturated carbocycles. The van der Waals surface area contributed by atoms with Crippen molar-refractivity contribution in [2.75, 3.05) is 6.54 Å². The fraction of sp³-hybridized carbons (Fsp3) is 0.222. The Bertz CT molecular complexity index is 890. The van der Waals surface area contributed by atoms with Crippen molar-refractivity contribution in [2.24, 2.45) is 5.73 Å². The van der Waals surface area contributed by atoms with Gasteiger partial charge < -0.3 is 10.7 Å². The van der Waals surface area contributed by atoms with E-state index >= 15 is 0 Å². The second-order valence-corrected chi connectivity index (χ2v) is 7.77. The van der Waals surface area contributed by atoms with Crippen molar-refractivity contribution < 1.29 is 0 Å². The number of nitrogens with two attached hydrogens (primary N) is 1. The topological polar surface area (TPSA) is 41.8 Å². The molecule has 0 amide bonds. The van der Waals surface area contributed by atoms with E-state index in [1.807, 2.05) is 30.3 Å². The lowest BCUT2D eigenvalue weighted by Gasteiger charge is -2.06. The van der Waals surface area contributed by atoms with Gasteiger partial charge in [0.15, 0.2) is 0 Å². The number of rotatable bonds is 5. The monoisotopic (exact) mass is 444 g/mol. The number of aryl methyl sites for hydroxylation is 1. The molecule has 3 N–H and O–H groups in total. The molecular formula is C18H16BrCl3N2. The number of hydrogen-bond donors (Lipinski definition) is 2. The van der Waals surface area contributed by atoms with E-state index in [2.05, 4.69) is 20.9 Å². The number of hydrogen-bond acceptors (Lipinski definition) is 1. The summed E-state index contributed by atoms with van der Waals surface area (Å²) in [6, 6.07) is 9.56. The zero-order chi connectivity index (χ0) is 17.3. The zero-order valence-electron chi connectivity index (χ0n) is 12.8. The third-order valence-electron chi connectivity index (χ3n) is 4.02. The van der Waals surface area contributed by atoms with E-state index in [1.54, 1.807) is 0 Å². The third kappa shape index (κ3) is 3.61. The summed E-state index contributed by atoms with van der Waals surface area (Å²) in [7, 11) is 0. The molecule has 126 valence electrons. The average Bonchev–Trinajstić information content (AvgIpc) is 2.89. The summed E-state index contributed by atoms with van der Waals surface area (Å²) in [6.45, 7) is 0.689. The molecule has 1 aromatic heterocycles. The van der Waals surface area contributed by atoms with Gasteiger partial charge in [-0.1, -0.05) is 40.9 Å². The summed E-state index contributed by atoms with van der Waals surface area (Å²) in [5.41, 5.74) is 9.95. The van der Waals surface area contributed by atoms with Crippen molar-refractivity contribution in [1.29, 1.82) is 0 Å². The molecule has 0 atom stereocenters. The standard InChI is InChI=1S/C18H16BrCl3N2/c19-14-9-11(20)8-13-12(3-1-2-6-23)17(24-18(13)14)10-4-5-15(21)16(22)7-10/h4-5,7-9,24H,1-3,6,23H2. The van der Waals surface area contributed by atoms with Gasteiger partial charge in [-0.3, -0.25) is 0 Å². The summed E-state index contributed by atoms with van der Waals surface area (Å²) >= 11 is 22.1. The van der Waals surface area contributed by atoms with Crippen LogP contribution >= 0.6 is 50.7 Å². The van der Waals surface area contributed by atoms with Gasteiger partial charge in [0.05, 0.1) is 15.6 Å². The van der Waals surface area contributed by atoms with E-state index in [1.165, 1.54) is 5.56 Å². The number of aromatic nitrogens is 1. The molecule has 0 radical (unpaired) electrons. The highest BCUT2D eigenvalue weighted by molar-refractivity contribution is 9.10. The van der Waals surface area contributed by atoms with Crippen molar-refractivity contribution in [1.82, 2.24) is 4.98 Å². The highest BCUT2D eigenvalue weighted by atomic mass is 79.9. The normalized spacial score (nSPS) is 11.4. The van der Waals surface area contributed by atoms with Gasteiger partial charge in [0.1, 0.15) is 0 Å². The first-order valence-corrected chi connectivity index (χ1v) is 9.59. The van der Waals surface area contributed by atoms with Gasteiger partial charge in [0.25, 0.3) is 0 Å². The van der Waals surface area contributed by atoms with Gasteiger partial charge >= 0.3 is 0 Å². The van der Waals surface area contributed by atoms with E-state index in [0.29, 0.717) is 21.6 Å². The number of fused-ring (bicyclic) bond motifs is 1. The summed E-state index contributed by atoms with van der Waals surface area (Å²) < 4.78 is 0.941. The lowest BCUT2D eigenvalue weighted by Crippen LogP contribution is -1.99. The number of nitrogens with one attached hydrogen (secondary N) is 1. The predicted molar refractivity (Wildman–Crippen MR) is 108 cm³/mol. The molecule has 3 aromatic rings. The van der Waals surface area contributed by atoms with Gasteiger partial charge in [0.2, 0.25) is 0 Å². The Hall–Kier alpha value is -0.710. The average molecular weight is 447 g/mol. The Morgan fingerprint density at radius 1 is 1.00 bits per heavy atom. The number of unbranched alkanes of at least 4 members (excludes halogenated alkanes) is 1. The van der Waals surface area contributed by atoms with Crippen molar-refractivity contribution >= 4 is 61.6 Å². The van der Waals surface area contributed by atoms with Crippen molar-refractivity contribution in [3.8, 4) is 11.3 Å². The summed E-state index contributed by atoms with van der Waals surface area (Å²) in [4.78, 5) is 3.51. The van der Waals surface area contributed by atoms with E-state index in [9.17, 15) is 0 Å². The molecule has 2 nitrogen and oxygen atoms in total. The Labute approximate surface area is 164 Å². The Morgan fingerprint density at radius 2 is 1.79 bits per heavy atom.